The summed E-state index contributed by atoms with van der Waals surface area (Å²) in [6.45, 7) is 12.6. The second-order valence-electron chi connectivity index (χ2n) is 14.1. The van der Waals surface area contributed by atoms with Gasteiger partial charge in [-0.05, 0) is 19.8 Å². The molecule has 0 aromatic heterocycles. The van der Waals surface area contributed by atoms with Crippen LogP contribution in [0.25, 0.3) is 0 Å². The van der Waals surface area contributed by atoms with E-state index in [2.05, 4.69) is 25.3 Å². The third kappa shape index (κ3) is 34.1. The van der Waals surface area contributed by atoms with Crippen molar-refractivity contribution in [3.05, 3.63) is 12.2 Å². The highest BCUT2D eigenvalue weighted by molar-refractivity contribution is 5.86. The van der Waals surface area contributed by atoms with Crippen molar-refractivity contribution in [2.75, 3.05) is 19.8 Å². The zero-order chi connectivity index (χ0) is 32.2. The van der Waals surface area contributed by atoms with Crippen LogP contribution in [-0.4, -0.2) is 30.7 Å². The van der Waals surface area contributed by atoms with E-state index in [0.29, 0.717) is 12.3 Å². The largest absolute Gasteiger partial charge is 0.446 e. The van der Waals surface area contributed by atoms with Crippen LogP contribution >= 0.6 is 0 Å². The third-order valence-corrected chi connectivity index (χ3v) is 9.38. The third-order valence-electron chi connectivity index (χ3n) is 9.38. The van der Waals surface area contributed by atoms with E-state index < -0.39 is 0 Å². The molecule has 0 rings (SSSR count). The van der Waals surface area contributed by atoms with Crippen molar-refractivity contribution in [2.45, 2.75) is 226 Å². The Morgan fingerprint density at radius 1 is 0.432 bits per heavy atom. The molecule has 0 aliphatic heterocycles. The molecule has 0 aliphatic carbocycles. The Morgan fingerprint density at radius 3 is 0.886 bits per heavy atom. The second kappa shape index (κ2) is 36.6. The first-order valence-electron chi connectivity index (χ1n) is 20.2. The van der Waals surface area contributed by atoms with Gasteiger partial charge in [0.05, 0.1) is 0 Å². The van der Waals surface area contributed by atoms with Crippen molar-refractivity contribution < 1.29 is 9.53 Å². The average molecular weight is 620 g/mol. The molecule has 44 heavy (non-hydrogen) atoms. The predicted molar refractivity (Wildman–Crippen MR) is 196 cm³/mol. The fourth-order valence-corrected chi connectivity index (χ4v) is 6.28. The van der Waals surface area contributed by atoms with E-state index >= 15 is 0 Å². The minimum atomic E-state index is -0.256. The number of rotatable bonds is 37. The molecule has 0 bridgehead atoms. The van der Waals surface area contributed by atoms with Crippen molar-refractivity contribution in [1.29, 1.82) is 0 Å². The minimum Gasteiger partial charge on any atom is -0.446 e. The molecule has 0 saturated carbocycles. The van der Waals surface area contributed by atoms with E-state index in [9.17, 15) is 4.79 Å². The highest BCUT2D eigenvalue weighted by Gasteiger charge is 2.09. The van der Waals surface area contributed by atoms with Gasteiger partial charge in [-0.25, -0.2) is 4.79 Å². The number of esters is 1. The lowest BCUT2D eigenvalue weighted by molar-refractivity contribution is -0.143. The van der Waals surface area contributed by atoms with Gasteiger partial charge in [-0.15, -0.1) is 0 Å². The van der Waals surface area contributed by atoms with Gasteiger partial charge in [0.25, 0.3) is 0 Å². The van der Waals surface area contributed by atoms with Crippen LogP contribution < -0.4 is 0 Å². The van der Waals surface area contributed by atoms with Gasteiger partial charge in [-0.1, -0.05) is 213 Å². The monoisotopic (exact) mass is 620 g/mol. The summed E-state index contributed by atoms with van der Waals surface area (Å²) in [5.74, 6) is -0.256. The van der Waals surface area contributed by atoms with E-state index in [1.807, 2.05) is 0 Å². The second-order valence-corrected chi connectivity index (χ2v) is 14.1. The van der Waals surface area contributed by atoms with Crippen molar-refractivity contribution >= 4 is 5.97 Å². The normalized spacial score (nSPS) is 11.5. The molecule has 3 heteroatoms. The van der Waals surface area contributed by atoms with E-state index in [1.54, 1.807) is 6.92 Å². The van der Waals surface area contributed by atoms with Gasteiger partial charge in [0.15, 0.2) is 0 Å². The molecular formula is C41H81NO2. The van der Waals surface area contributed by atoms with E-state index in [1.165, 1.54) is 205 Å². The zero-order valence-electron chi connectivity index (χ0n) is 30.7. The molecule has 262 valence electrons. The first-order chi connectivity index (χ1) is 21.6. The summed E-state index contributed by atoms with van der Waals surface area (Å²) < 4.78 is 5.51. The maximum atomic E-state index is 11.9. The Morgan fingerprint density at radius 2 is 0.659 bits per heavy atom. The van der Waals surface area contributed by atoms with Gasteiger partial charge in [-0.2, -0.15) is 0 Å². The Labute approximate surface area is 278 Å². The number of unbranched alkanes of at least 4 members (excludes halogenated alkanes) is 30. The average Bonchev–Trinajstić information content (AvgIpc) is 3.02. The van der Waals surface area contributed by atoms with Gasteiger partial charge in [0.2, 0.25) is 0 Å². The van der Waals surface area contributed by atoms with E-state index in [-0.39, 0.29) is 5.97 Å². The minimum absolute atomic E-state index is 0.256. The number of hydrogen-bond donors (Lipinski definition) is 0. The summed E-state index contributed by atoms with van der Waals surface area (Å²) in [6.07, 6.45) is 44.7. The topological polar surface area (TPSA) is 29.5 Å². The molecule has 0 heterocycles. The van der Waals surface area contributed by atoms with Gasteiger partial charge >= 0.3 is 5.97 Å². The lowest BCUT2D eigenvalue weighted by Crippen LogP contribution is -2.30. The van der Waals surface area contributed by atoms with Crippen LogP contribution in [0.1, 0.15) is 226 Å². The SMILES string of the molecule is C=C(C)C(=O)OCN(CCCCCCCCCCCCCCCCCC)CCCCCCCCCCCCCCCCCC. The number of carbonyl (C=O) groups is 1. The number of ether oxygens (including phenoxy) is 1. The summed E-state index contributed by atoms with van der Waals surface area (Å²) in [7, 11) is 0. The van der Waals surface area contributed by atoms with Crippen LogP contribution in [0.4, 0.5) is 0 Å². The molecular weight excluding hydrogens is 538 g/mol. The fourth-order valence-electron chi connectivity index (χ4n) is 6.28. The van der Waals surface area contributed by atoms with Gasteiger partial charge in [-0.3, -0.25) is 4.90 Å². The van der Waals surface area contributed by atoms with Crippen LogP contribution in [0.3, 0.4) is 0 Å². The Hall–Kier alpha value is -0.830. The van der Waals surface area contributed by atoms with Crippen molar-refractivity contribution in [1.82, 2.24) is 4.90 Å². The molecule has 0 aliphatic rings. The maximum absolute atomic E-state index is 11.9. The Bertz CT molecular complexity index is 553. The molecule has 0 aromatic carbocycles. The van der Waals surface area contributed by atoms with E-state index in [0.717, 1.165) is 13.1 Å². The summed E-state index contributed by atoms with van der Waals surface area (Å²) in [4.78, 5) is 14.3. The van der Waals surface area contributed by atoms with Gasteiger partial charge in [0, 0.05) is 18.7 Å². The van der Waals surface area contributed by atoms with Crippen LogP contribution in [-0.2, 0) is 9.53 Å². The number of nitrogens with zero attached hydrogens (tertiary/aromatic N) is 1. The first-order valence-corrected chi connectivity index (χ1v) is 20.2. The quantitative estimate of drug-likeness (QED) is 0.0300. The molecule has 0 aromatic rings. The molecule has 0 N–H and O–H groups in total. The van der Waals surface area contributed by atoms with Gasteiger partial charge in [0.1, 0.15) is 6.73 Å². The van der Waals surface area contributed by atoms with Crippen LogP contribution in [0, 0.1) is 0 Å². The van der Waals surface area contributed by atoms with Crippen molar-refractivity contribution in [3.8, 4) is 0 Å². The van der Waals surface area contributed by atoms with Crippen LogP contribution in [0.5, 0.6) is 0 Å². The predicted octanol–water partition coefficient (Wildman–Crippen LogP) is 13.9. The number of hydrogen-bond acceptors (Lipinski definition) is 3. The highest BCUT2D eigenvalue weighted by atomic mass is 16.5. The molecule has 0 radical (unpaired) electrons. The van der Waals surface area contributed by atoms with Crippen LogP contribution in [0.2, 0.25) is 0 Å². The summed E-state index contributed by atoms with van der Waals surface area (Å²) in [5.41, 5.74) is 0.495. The fraction of sp³-hybridized carbons (Fsp3) is 0.927. The van der Waals surface area contributed by atoms with Crippen LogP contribution in [0.15, 0.2) is 12.2 Å². The number of carbonyl (C=O) groups excluding carboxylic acids is 1. The van der Waals surface area contributed by atoms with E-state index in [4.69, 9.17) is 4.74 Å². The summed E-state index contributed by atoms with van der Waals surface area (Å²) >= 11 is 0. The summed E-state index contributed by atoms with van der Waals surface area (Å²) in [6, 6.07) is 0. The molecule has 3 nitrogen and oxygen atoms in total. The lowest BCUT2D eigenvalue weighted by atomic mass is 10.0. The molecule has 0 fully saturated rings. The highest BCUT2D eigenvalue weighted by Crippen LogP contribution is 2.16. The van der Waals surface area contributed by atoms with Gasteiger partial charge < -0.3 is 4.74 Å². The van der Waals surface area contributed by atoms with Crippen molar-refractivity contribution in [3.63, 3.8) is 0 Å². The first kappa shape index (κ1) is 43.2. The Kier molecular flexibility index (Phi) is 35.9. The lowest BCUT2D eigenvalue weighted by Gasteiger charge is -2.22. The van der Waals surface area contributed by atoms with Crippen molar-refractivity contribution in [2.24, 2.45) is 0 Å². The zero-order valence-corrected chi connectivity index (χ0v) is 30.7. The standard InChI is InChI=1S/C41H81NO2/c1-5-7-9-11-13-15-17-19-21-23-25-27-29-31-33-35-37-42(39-44-41(43)40(3)4)38-36-34-32-30-28-26-24-22-20-18-16-14-12-10-8-6-2/h3,5-39H2,1-2,4H3. The molecule has 0 unspecified atom stereocenters. The summed E-state index contributed by atoms with van der Waals surface area (Å²) in [5, 5.41) is 0. The molecule has 0 spiro atoms. The molecule has 0 saturated heterocycles. The molecule has 0 amide bonds. The maximum Gasteiger partial charge on any atom is 0.334 e. The molecule has 0 atom stereocenters. The smallest absolute Gasteiger partial charge is 0.334 e. The Balaban J connectivity index is 3.72.